The molecule has 1 aromatic carbocycles. The summed E-state index contributed by atoms with van der Waals surface area (Å²) in [7, 11) is 0. The summed E-state index contributed by atoms with van der Waals surface area (Å²) in [5.41, 5.74) is 1.84. The molecule has 0 radical (unpaired) electrons. The van der Waals surface area contributed by atoms with Crippen molar-refractivity contribution in [1.29, 1.82) is 0 Å². The van der Waals surface area contributed by atoms with Crippen molar-refractivity contribution in [3.63, 3.8) is 0 Å². The minimum Gasteiger partial charge on any atom is -0.380 e. The maximum atomic E-state index is 12.3. The molecule has 3 nitrogen and oxygen atoms in total. The summed E-state index contributed by atoms with van der Waals surface area (Å²) < 4.78 is 6.26. The van der Waals surface area contributed by atoms with Gasteiger partial charge in [-0.25, -0.2) is 0 Å². The summed E-state index contributed by atoms with van der Waals surface area (Å²) in [6.45, 7) is 8.53. The van der Waals surface area contributed by atoms with Gasteiger partial charge in [0.15, 0.2) is 0 Å². The standard InChI is InChI=1S/C14H20BrNO2/c1-4-16(8-9-18-5-2)14(17)12-7-6-11(3)13(15)10-12/h6-7,10H,4-5,8-9H2,1-3H3. The number of hydrogen-bond donors (Lipinski definition) is 0. The van der Waals surface area contributed by atoms with E-state index in [4.69, 9.17) is 4.74 Å². The lowest BCUT2D eigenvalue weighted by atomic mass is 10.1. The fraction of sp³-hybridized carbons (Fsp3) is 0.500. The van der Waals surface area contributed by atoms with Crippen LogP contribution >= 0.6 is 15.9 Å². The van der Waals surface area contributed by atoms with Gasteiger partial charge < -0.3 is 9.64 Å². The number of rotatable bonds is 6. The summed E-state index contributed by atoms with van der Waals surface area (Å²) in [6.07, 6.45) is 0. The predicted octanol–water partition coefficient (Wildman–Crippen LogP) is 3.26. The van der Waals surface area contributed by atoms with Crippen LogP contribution in [0.3, 0.4) is 0 Å². The molecule has 0 atom stereocenters. The van der Waals surface area contributed by atoms with Crippen LogP contribution in [0.25, 0.3) is 0 Å². The van der Waals surface area contributed by atoms with Gasteiger partial charge in [0.2, 0.25) is 0 Å². The Kier molecular flexibility index (Phi) is 6.36. The highest BCUT2D eigenvalue weighted by atomic mass is 79.9. The molecule has 0 N–H and O–H groups in total. The van der Waals surface area contributed by atoms with E-state index in [9.17, 15) is 4.79 Å². The second-order valence-corrected chi connectivity index (χ2v) is 4.90. The third kappa shape index (κ3) is 4.10. The van der Waals surface area contributed by atoms with E-state index in [2.05, 4.69) is 15.9 Å². The molecule has 1 amide bonds. The minimum absolute atomic E-state index is 0.0536. The number of carbonyl (C=O) groups is 1. The minimum atomic E-state index is 0.0536. The van der Waals surface area contributed by atoms with Gasteiger partial charge in [0, 0.05) is 29.7 Å². The Balaban J connectivity index is 2.73. The number of amides is 1. The molecule has 1 aromatic rings. The molecule has 0 bridgehead atoms. The molecule has 18 heavy (non-hydrogen) atoms. The number of benzene rings is 1. The van der Waals surface area contributed by atoms with Gasteiger partial charge in [-0.3, -0.25) is 4.79 Å². The smallest absolute Gasteiger partial charge is 0.253 e. The van der Waals surface area contributed by atoms with E-state index in [0.29, 0.717) is 31.9 Å². The van der Waals surface area contributed by atoms with Gasteiger partial charge in [-0.2, -0.15) is 0 Å². The van der Waals surface area contributed by atoms with Crippen LogP contribution in [0, 0.1) is 6.92 Å². The largest absolute Gasteiger partial charge is 0.380 e. The first-order valence-electron chi connectivity index (χ1n) is 6.23. The fourth-order valence-corrected chi connectivity index (χ4v) is 2.01. The average Bonchev–Trinajstić information content (AvgIpc) is 2.37. The molecule has 0 heterocycles. The van der Waals surface area contributed by atoms with Gasteiger partial charge in [-0.1, -0.05) is 22.0 Å². The first kappa shape index (κ1) is 15.2. The van der Waals surface area contributed by atoms with E-state index in [-0.39, 0.29) is 5.91 Å². The highest BCUT2D eigenvalue weighted by Gasteiger charge is 2.14. The normalized spacial score (nSPS) is 10.4. The molecule has 0 saturated heterocycles. The van der Waals surface area contributed by atoms with Crippen molar-refractivity contribution in [3.8, 4) is 0 Å². The molecule has 0 aromatic heterocycles. The van der Waals surface area contributed by atoms with Crippen molar-refractivity contribution in [3.05, 3.63) is 33.8 Å². The predicted molar refractivity (Wildman–Crippen MR) is 76.9 cm³/mol. The van der Waals surface area contributed by atoms with Gasteiger partial charge in [-0.15, -0.1) is 0 Å². The van der Waals surface area contributed by atoms with Crippen molar-refractivity contribution in [1.82, 2.24) is 4.90 Å². The Morgan fingerprint density at radius 3 is 2.67 bits per heavy atom. The molecular weight excluding hydrogens is 294 g/mol. The Hall–Kier alpha value is -0.870. The first-order chi connectivity index (χ1) is 8.60. The second kappa shape index (κ2) is 7.54. The SMILES string of the molecule is CCOCCN(CC)C(=O)c1ccc(C)c(Br)c1. The molecule has 0 unspecified atom stereocenters. The number of carbonyl (C=O) groups excluding carboxylic acids is 1. The van der Waals surface area contributed by atoms with E-state index in [0.717, 1.165) is 10.0 Å². The number of likely N-dealkylation sites (N-methyl/N-ethyl adjacent to an activating group) is 1. The lowest BCUT2D eigenvalue weighted by molar-refractivity contribution is 0.0669. The van der Waals surface area contributed by atoms with Gasteiger partial charge in [0.1, 0.15) is 0 Å². The highest BCUT2D eigenvalue weighted by molar-refractivity contribution is 9.10. The Morgan fingerprint density at radius 1 is 1.39 bits per heavy atom. The molecule has 100 valence electrons. The van der Waals surface area contributed by atoms with Crippen molar-refractivity contribution in [2.45, 2.75) is 20.8 Å². The number of aryl methyl sites for hydroxylation is 1. The zero-order valence-electron chi connectivity index (χ0n) is 11.2. The third-order valence-corrected chi connectivity index (χ3v) is 3.65. The van der Waals surface area contributed by atoms with Crippen LogP contribution in [-0.2, 0) is 4.74 Å². The van der Waals surface area contributed by atoms with E-state index in [1.54, 1.807) is 4.90 Å². The molecule has 0 aliphatic heterocycles. The number of hydrogen-bond acceptors (Lipinski definition) is 2. The van der Waals surface area contributed by atoms with E-state index in [1.165, 1.54) is 0 Å². The van der Waals surface area contributed by atoms with Crippen LogP contribution in [0.2, 0.25) is 0 Å². The molecule has 0 aliphatic carbocycles. The first-order valence-corrected chi connectivity index (χ1v) is 7.02. The van der Waals surface area contributed by atoms with Crippen molar-refractivity contribution in [2.24, 2.45) is 0 Å². The van der Waals surface area contributed by atoms with Gasteiger partial charge >= 0.3 is 0 Å². The van der Waals surface area contributed by atoms with Crippen LogP contribution in [0.1, 0.15) is 29.8 Å². The van der Waals surface area contributed by atoms with E-state index < -0.39 is 0 Å². The van der Waals surface area contributed by atoms with E-state index >= 15 is 0 Å². The Morgan fingerprint density at radius 2 is 2.11 bits per heavy atom. The topological polar surface area (TPSA) is 29.5 Å². The fourth-order valence-electron chi connectivity index (χ4n) is 1.63. The molecule has 0 spiro atoms. The second-order valence-electron chi connectivity index (χ2n) is 4.05. The number of halogens is 1. The Bertz CT molecular complexity index is 407. The summed E-state index contributed by atoms with van der Waals surface area (Å²) in [5, 5.41) is 0. The maximum Gasteiger partial charge on any atom is 0.253 e. The van der Waals surface area contributed by atoms with Crippen LogP contribution in [0.15, 0.2) is 22.7 Å². The highest BCUT2D eigenvalue weighted by Crippen LogP contribution is 2.18. The molecule has 0 fully saturated rings. The molecule has 4 heteroatoms. The summed E-state index contributed by atoms with van der Waals surface area (Å²) in [6, 6.07) is 5.69. The van der Waals surface area contributed by atoms with Crippen LogP contribution in [0.4, 0.5) is 0 Å². The third-order valence-electron chi connectivity index (χ3n) is 2.80. The summed E-state index contributed by atoms with van der Waals surface area (Å²) >= 11 is 3.45. The quantitative estimate of drug-likeness (QED) is 0.754. The molecule has 0 saturated carbocycles. The van der Waals surface area contributed by atoms with Gasteiger partial charge in [0.25, 0.3) is 5.91 Å². The monoisotopic (exact) mass is 313 g/mol. The molecular formula is C14H20BrNO2. The van der Waals surface area contributed by atoms with Crippen LogP contribution in [0.5, 0.6) is 0 Å². The maximum absolute atomic E-state index is 12.3. The number of ether oxygens (including phenoxy) is 1. The van der Waals surface area contributed by atoms with Crippen LogP contribution < -0.4 is 0 Å². The average molecular weight is 314 g/mol. The zero-order valence-corrected chi connectivity index (χ0v) is 12.8. The van der Waals surface area contributed by atoms with Crippen molar-refractivity contribution in [2.75, 3.05) is 26.3 Å². The van der Waals surface area contributed by atoms with Crippen molar-refractivity contribution >= 4 is 21.8 Å². The Labute approximate surface area is 117 Å². The number of nitrogens with zero attached hydrogens (tertiary/aromatic N) is 1. The van der Waals surface area contributed by atoms with Gasteiger partial charge in [0.05, 0.1) is 6.61 Å². The summed E-state index contributed by atoms with van der Waals surface area (Å²) in [4.78, 5) is 14.1. The summed E-state index contributed by atoms with van der Waals surface area (Å²) in [5.74, 6) is 0.0536. The molecule has 1 rings (SSSR count). The molecule has 0 aliphatic rings. The lowest BCUT2D eigenvalue weighted by Gasteiger charge is -2.21. The van der Waals surface area contributed by atoms with Crippen molar-refractivity contribution < 1.29 is 9.53 Å². The van der Waals surface area contributed by atoms with Crippen LogP contribution in [-0.4, -0.2) is 37.1 Å². The van der Waals surface area contributed by atoms with E-state index in [1.807, 2.05) is 39.0 Å². The van der Waals surface area contributed by atoms with Gasteiger partial charge in [-0.05, 0) is 38.5 Å². The lowest BCUT2D eigenvalue weighted by Crippen LogP contribution is -2.33. The zero-order chi connectivity index (χ0) is 13.5.